The summed E-state index contributed by atoms with van der Waals surface area (Å²) < 4.78 is 10.5. The Morgan fingerprint density at radius 3 is 3.00 bits per heavy atom. The lowest BCUT2D eigenvalue weighted by atomic mass is 10.1. The Hall–Kier alpha value is -2.08. The van der Waals surface area contributed by atoms with Crippen LogP contribution in [0.4, 0.5) is 0 Å². The minimum Gasteiger partial charge on any atom is -0.482 e. The van der Waals surface area contributed by atoms with Crippen molar-refractivity contribution in [2.75, 3.05) is 26.4 Å². The Balaban J connectivity index is 2.11. The highest BCUT2D eigenvalue weighted by molar-refractivity contribution is 5.95. The van der Waals surface area contributed by atoms with E-state index in [4.69, 9.17) is 14.6 Å². The minimum absolute atomic E-state index is 0.0778. The van der Waals surface area contributed by atoms with Gasteiger partial charge in [-0.05, 0) is 24.6 Å². The van der Waals surface area contributed by atoms with Gasteiger partial charge in [0.2, 0.25) is 0 Å². The monoisotopic (exact) mass is 293 g/mol. The van der Waals surface area contributed by atoms with Crippen LogP contribution in [0, 0.1) is 0 Å². The SMILES string of the molecule is CCC1COCCN1C(=O)c1cccc(OCC(=O)O)c1. The van der Waals surface area contributed by atoms with Crippen LogP contribution in [0.3, 0.4) is 0 Å². The molecule has 1 aromatic carbocycles. The lowest BCUT2D eigenvalue weighted by Crippen LogP contribution is -2.48. The van der Waals surface area contributed by atoms with Gasteiger partial charge in [-0.2, -0.15) is 0 Å². The Labute approximate surface area is 123 Å². The quantitative estimate of drug-likeness (QED) is 0.888. The summed E-state index contributed by atoms with van der Waals surface area (Å²) in [6.07, 6.45) is 0.834. The van der Waals surface area contributed by atoms with Gasteiger partial charge in [-0.3, -0.25) is 4.79 Å². The van der Waals surface area contributed by atoms with Crippen LogP contribution in [0.2, 0.25) is 0 Å². The van der Waals surface area contributed by atoms with Gasteiger partial charge >= 0.3 is 5.97 Å². The van der Waals surface area contributed by atoms with E-state index in [0.717, 1.165) is 6.42 Å². The van der Waals surface area contributed by atoms with Crippen molar-refractivity contribution in [1.82, 2.24) is 4.90 Å². The van der Waals surface area contributed by atoms with Crippen LogP contribution in [0.25, 0.3) is 0 Å². The van der Waals surface area contributed by atoms with Crippen LogP contribution < -0.4 is 4.74 Å². The second-order valence-corrected chi connectivity index (χ2v) is 4.85. The summed E-state index contributed by atoms with van der Waals surface area (Å²) in [5.41, 5.74) is 0.498. The first kappa shape index (κ1) is 15.3. The first-order valence-corrected chi connectivity index (χ1v) is 6.95. The standard InChI is InChI=1S/C15H19NO5/c1-2-12-9-20-7-6-16(12)15(19)11-4-3-5-13(8-11)21-10-14(17)18/h3-5,8,12H,2,6-7,9-10H2,1H3,(H,17,18). The zero-order valence-corrected chi connectivity index (χ0v) is 11.9. The second kappa shape index (κ2) is 7.08. The third kappa shape index (κ3) is 3.95. The van der Waals surface area contributed by atoms with Gasteiger partial charge in [-0.15, -0.1) is 0 Å². The molecular weight excluding hydrogens is 274 g/mol. The molecule has 1 fully saturated rings. The van der Waals surface area contributed by atoms with E-state index in [-0.39, 0.29) is 11.9 Å². The van der Waals surface area contributed by atoms with Gasteiger partial charge in [-0.25, -0.2) is 4.79 Å². The Bertz CT molecular complexity index is 517. The summed E-state index contributed by atoms with van der Waals surface area (Å²) >= 11 is 0. The molecule has 1 amide bonds. The second-order valence-electron chi connectivity index (χ2n) is 4.85. The van der Waals surface area contributed by atoms with Gasteiger partial charge in [-0.1, -0.05) is 13.0 Å². The number of benzene rings is 1. The highest BCUT2D eigenvalue weighted by Crippen LogP contribution is 2.18. The van der Waals surface area contributed by atoms with Gasteiger partial charge in [0.05, 0.1) is 19.3 Å². The van der Waals surface area contributed by atoms with E-state index >= 15 is 0 Å². The smallest absolute Gasteiger partial charge is 0.341 e. The van der Waals surface area contributed by atoms with Crippen molar-refractivity contribution in [3.8, 4) is 5.75 Å². The molecule has 0 radical (unpaired) electrons. The predicted octanol–water partition coefficient (Wildman–Crippen LogP) is 1.40. The zero-order chi connectivity index (χ0) is 15.2. The number of amides is 1. The molecule has 6 heteroatoms. The zero-order valence-electron chi connectivity index (χ0n) is 11.9. The van der Waals surface area contributed by atoms with Crippen LogP contribution >= 0.6 is 0 Å². The van der Waals surface area contributed by atoms with Gasteiger partial charge in [0, 0.05) is 12.1 Å². The van der Waals surface area contributed by atoms with Gasteiger partial charge in [0.1, 0.15) is 5.75 Å². The van der Waals surface area contributed by atoms with Gasteiger partial charge < -0.3 is 19.5 Å². The predicted molar refractivity (Wildman–Crippen MR) is 75.5 cm³/mol. The molecule has 1 saturated heterocycles. The molecule has 1 N–H and O–H groups in total. The van der Waals surface area contributed by atoms with E-state index in [1.54, 1.807) is 29.2 Å². The van der Waals surface area contributed by atoms with Crippen LogP contribution in [-0.4, -0.2) is 54.3 Å². The lowest BCUT2D eigenvalue weighted by Gasteiger charge is -2.35. The maximum absolute atomic E-state index is 12.6. The van der Waals surface area contributed by atoms with Crippen LogP contribution in [0.15, 0.2) is 24.3 Å². The molecular formula is C15H19NO5. The summed E-state index contributed by atoms with van der Waals surface area (Å²) in [5.74, 6) is -0.749. The molecule has 114 valence electrons. The molecule has 6 nitrogen and oxygen atoms in total. The van der Waals surface area contributed by atoms with E-state index in [0.29, 0.717) is 31.1 Å². The third-order valence-electron chi connectivity index (χ3n) is 3.40. The molecule has 2 rings (SSSR count). The Morgan fingerprint density at radius 1 is 1.48 bits per heavy atom. The molecule has 1 heterocycles. The molecule has 0 spiro atoms. The average Bonchev–Trinajstić information content (AvgIpc) is 2.52. The fraction of sp³-hybridized carbons (Fsp3) is 0.467. The van der Waals surface area contributed by atoms with Crippen LogP contribution in [0.5, 0.6) is 5.75 Å². The topological polar surface area (TPSA) is 76.1 Å². The minimum atomic E-state index is -1.05. The summed E-state index contributed by atoms with van der Waals surface area (Å²) in [7, 11) is 0. The molecule has 1 aliphatic heterocycles. The van der Waals surface area contributed by atoms with Crippen molar-refractivity contribution in [3.05, 3.63) is 29.8 Å². The van der Waals surface area contributed by atoms with Gasteiger partial charge in [0.15, 0.2) is 6.61 Å². The Kier molecular flexibility index (Phi) is 5.16. The molecule has 1 aliphatic rings. The van der Waals surface area contributed by atoms with E-state index < -0.39 is 12.6 Å². The van der Waals surface area contributed by atoms with Crippen molar-refractivity contribution in [2.45, 2.75) is 19.4 Å². The van der Waals surface area contributed by atoms with Crippen molar-refractivity contribution in [2.24, 2.45) is 0 Å². The Morgan fingerprint density at radius 2 is 2.29 bits per heavy atom. The van der Waals surface area contributed by atoms with E-state index in [1.807, 2.05) is 6.92 Å². The first-order valence-electron chi connectivity index (χ1n) is 6.95. The molecule has 21 heavy (non-hydrogen) atoms. The number of ether oxygens (including phenoxy) is 2. The molecule has 0 aromatic heterocycles. The first-order chi connectivity index (χ1) is 10.1. The molecule has 1 atom stereocenters. The average molecular weight is 293 g/mol. The number of morpholine rings is 1. The number of carbonyl (C=O) groups excluding carboxylic acids is 1. The molecule has 1 aromatic rings. The normalized spacial score (nSPS) is 18.3. The molecule has 1 unspecified atom stereocenters. The number of rotatable bonds is 5. The maximum Gasteiger partial charge on any atom is 0.341 e. The van der Waals surface area contributed by atoms with Crippen molar-refractivity contribution in [1.29, 1.82) is 0 Å². The third-order valence-corrected chi connectivity index (χ3v) is 3.40. The van der Waals surface area contributed by atoms with Crippen LogP contribution in [0.1, 0.15) is 23.7 Å². The van der Waals surface area contributed by atoms with Crippen LogP contribution in [-0.2, 0) is 9.53 Å². The lowest BCUT2D eigenvalue weighted by molar-refractivity contribution is -0.139. The largest absolute Gasteiger partial charge is 0.482 e. The highest BCUT2D eigenvalue weighted by atomic mass is 16.5. The highest BCUT2D eigenvalue weighted by Gasteiger charge is 2.26. The fourth-order valence-electron chi connectivity index (χ4n) is 2.29. The summed E-state index contributed by atoms with van der Waals surface area (Å²) in [6, 6.07) is 6.68. The van der Waals surface area contributed by atoms with E-state index in [1.165, 1.54) is 0 Å². The fourth-order valence-corrected chi connectivity index (χ4v) is 2.29. The number of hydrogen-bond acceptors (Lipinski definition) is 4. The van der Waals surface area contributed by atoms with Crippen molar-refractivity contribution < 1.29 is 24.2 Å². The van der Waals surface area contributed by atoms with Crippen molar-refractivity contribution in [3.63, 3.8) is 0 Å². The molecule has 0 saturated carbocycles. The van der Waals surface area contributed by atoms with Gasteiger partial charge in [0.25, 0.3) is 5.91 Å². The molecule has 0 aliphatic carbocycles. The number of carboxylic acids is 1. The number of aliphatic carboxylic acids is 1. The van der Waals surface area contributed by atoms with E-state index in [9.17, 15) is 9.59 Å². The molecule has 0 bridgehead atoms. The number of hydrogen-bond donors (Lipinski definition) is 1. The number of carbonyl (C=O) groups is 2. The summed E-state index contributed by atoms with van der Waals surface area (Å²) in [6.45, 7) is 3.26. The number of nitrogens with zero attached hydrogens (tertiary/aromatic N) is 1. The van der Waals surface area contributed by atoms with E-state index in [2.05, 4.69) is 0 Å². The maximum atomic E-state index is 12.6. The summed E-state index contributed by atoms with van der Waals surface area (Å²) in [4.78, 5) is 24.9. The number of carboxylic acid groups (broad SMARTS) is 1. The summed E-state index contributed by atoms with van der Waals surface area (Å²) in [5, 5.41) is 8.61. The van der Waals surface area contributed by atoms with Crippen molar-refractivity contribution >= 4 is 11.9 Å².